The van der Waals surface area contributed by atoms with Crippen LogP contribution >= 0.6 is 15.9 Å². The van der Waals surface area contributed by atoms with Crippen LogP contribution in [0, 0.1) is 5.92 Å². The van der Waals surface area contributed by atoms with Crippen molar-refractivity contribution in [2.75, 3.05) is 26.2 Å². The summed E-state index contributed by atoms with van der Waals surface area (Å²) in [5.74, 6) is 0.421. The van der Waals surface area contributed by atoms with E-state index in [1.165, 1.54) is 11.1 Å². The van der Waals surface area contributed by atoms with Gasteiger partial charge in [-0.25, -0.2) is 0 Å². The first kappa shape index (κ1) is 19.1. The van der Waals surface area contributed by atoms with E-state index in [4.69, 9.17) is 0 Å². The summed E-state index contributed by atoms with van der Waals surface area (Å²) in [6.07, 6.45) is 0.907. The van der Waals surface area contributed by atoms with Crippen LogP contribution in [0.15, 0.2) is 59.1 Å². The number of rotatable bonds is 5. The number of hydrogen-bond donors (Lipinski definition) is 0. The van der Waals surface area contributed by atoms with Gasteiger partial charge in [0.1, 0.15) is 0 Å². The molecule has 3 rings (SSSR count). The van der Waals surface area contributed by atoms with Gasteiger partial charge >= 0.3 is 0 Å². The Kier molecular flexibility index (Phi) is 6.49. The Morgan fingerprint density at radius 1 is 0.962 bits per heavy atom. The Labute approximate surface area is 165 Å². The van der Waals surface area contributed by atoms with Gasteiger partial charge in [0, 0.05) is 36.6 Å². The Morgan fingerprint density at radius 2 is 1.54 bits per heavy atom. The van der Waals surface area contributed by atoms with Crippen LogP contribution in [0.25, 0.3) is 0 Å². The number of amides is 1. The van der Waals surface area contributed by atoms with Gasteiger partial charge in [-0.2, -0.15) is 0 Å². The molecule has 1 amide bonds. The fourth-order valence-electron chi connectivity index (χ4n) is 3.58. The largest absolute Gasteiger partial charge is 0.340 e. The number of carbonyl (C=O) groups excluding carboxylic acids is 1. The first-order valence-corrected chi connectivity index (χ1v) is 10.2. The van der Waals surface area contributed by atoms with Crippen molar-refractivity contribution in [2.24, 2.45) is 5.92 Å². The molecule has 0 bridgehead atoms. The minimum absolute atomic E-state index is 0.123. The predicted molar refractivity (Wildman–Crippen MR) is 110 cm³/mol. The predicted octanol–water partition coefficient (Wildman–Crippen LogP) is 4.73. The summed E-state index contributed by atoms with van der Waals surface area (Å²) < 4.78 is 1.09. The molecule has 0 radical (unpaired) electrons. The normalized spacial score (nSPS) is 17.7. The van der Waals surface area contributed by atoms with Crippen molar-refractivity contribution in [2.45, 2.75) is 26.3 Å². The van der Waals surface area contributed by atoms with E-state index in [1.54, 1.807) is 0 Å². The second kappa shape index (κ2) is 8.83. The molecule has 26 heavy (non-hydrogen) atoms. The molecule has 3 nitrogen and oxygen atoms in total. The van der Waals surface area contributed by atoms with E-state index in [9.17, 15) is 4.79 Å². The van der Waals surface area contributed by atoms with Crippen LogP contribution in [-0.2, 0) is 4.79 Å². The summed E-state index contributed by atoms with van der Waals surface area (Å²) in [4.78, 5) is 17.0. The number of halogens is 1. The van der Waals surface area contributed by atoms with Crippen LogP contribution in [-0.4, -0.2) is 41.9 Å². The van der Waals surface area contributed by atoms with Gasteiger partial charge in [0.05, 0.1) is 6.04 Å². The molecule has 138 valence electrons. The molecule has 2 aromatic rings. The van der Waals surface area contributed by atoms with Crippen molar-refractivity contribution in [3.8, 4) is 0 Å². The van der Waals surface area contributed by atoms with Crippen LogP contribution in [0.3, 0.4) is 0 Å². The van der Waals surface area contributed by atoms with Crippen LogP contribution in [0.4, 0.5) is 0 Å². The zero-order valence-electron chi connectivity index (χ0n) is 15.6. The zero-order valence-corrected chi connectivity index (χ0v) is 17.2. The van der Waals surface area contributed by atoms with Crippen molar-refractivity contribution < 1.29 is 4.79 Å². The van der Waals surface area contributed by atoms with Gasteiger partial charge in [-0.3, -0.25) is 9.69 Å². The van der Waals surface area contributed by atoms with E-state index in [-0.39, 0.29) is 12.0 Å². The molecule has 2 aromatic carbocycles. The Morgan fingerprint density at radius 3 is 2.12 bits per heavy atom. The average molecular weight is 415 g/mol. The monoisotopic (exact) mass is 414 g/mol. The Hall–Kier alpha value is -1.65. The highest BCUT2D eigenvalue weighted by Gasteiger charge is 2.29. The molecule has 0 spiro atoms. The first-order chi connectivity index (χ1) is 12.6. The third-order valence-electron chi connectivity index (χ3n) is 5.33. The topological polar surface area (TPSA) is 23.6 Å². The Balaban J connectivity index is 1.79. The molecule has 1 aliphatic heterocycles. The van der Waals surface area contributed by atoms with Crippen molar-refractivity contribution in [1.82, 2.24) is 9.80 Å². The second-order valence-electron chi connectivity index (χ2n) is 7.04. The van der Waals surface area contributed by atoms with Crippen LogP contribution in [0.1, 0.15) is 37.4 Å². The summed E-state index contributed by atoms with van der Waals surface area (Å²) in [6, 6.07) is 19.5. The number of piperazine rings is 1. The molecule has 4 heteroatoms. The number of nitrogens with zero attached hydrogens (tertiary/aromatic N) is 2. The lowest BCUT2D eigenvalue weighted by Gasteiger charge is -2.40. The van der Waals surface area contributed by atoms with E-state index in [2.05, 4.69) is 82.4 Å². The zero-order chi connectivity index (χ0) is 18.5. The maximum Gasteiger partial charge on any atom is 0.225 e. The molecule has 1 saturated heterocycles. The smallest absolute Gasteiger partial charge is 0.225 e. The maximum atomic E-state index is 12.5. The molecule has 0 aliphatic carbocycles. The molecule has 0 unspecified atom stereocenters. The van der Waals surface area contributed by atoms with E-state index in [0.717, 1.165) is 37.1 Å². The molecular formula is C22H27BrN2O. The third kappa shape index (κ3) is 4.36. The van der Waals surface area contributed by atoms with Gasteiger partial charge < -0.3 is 4.90 Å². The summed E-state index contributed by atoms with van der Waals surface area (Å²) >= 11 is 3.53. The number of benzene rings is 2. The fourth-order valence-corrected chi connectivity index (χ4v) is 3.85. The van der Waals surface area contributed by atoms with Gasteiger partial charge in [-0.1, -0.05) is 72.2 Å². The minimum atomic E-state index is 0.123. The molecular weight excluding hydrogens is 388 g/mol. The molecule has 0 N–H and O–H groups in total. The lowest BCUT2D eigenvalue weighted by atomic mass is 9.96. The Bertz CT molecular complexity index is 709. The van der Waals surface area contributed by atoms with Crippen molar-refractivity contribution in [3.63, 3.8) is 0 Å². The minimum Gasteiger partial charge on any atom is -0.340 e. The molecule has 1 heterocycles. The quantitative estimate of drug-likeness (QED) is 0.705. The lowest BCUT2D eigenvalue weighted by molar-refractivity contribution is -0.137. The van der Waals surface area contributed by atoms with E-state index in [1.807, 2.05) is 11.8 Å². The number of carbonyl (C=O) groups is 1. The van der Waals surface area contributed by atoms with E-state index in [0.29, 0.717) is 5.91 Å². The van der Waals surface area contributed by atoms with Crippen molar-refractivity contribution in [1.29, 1.82) is 0 Å². The highest BCUT2D eigenvalue weighted by atomic mass is 79.9. The van der Waals surface area contributed by atoms with Gasteiger partial charge in [0.25, 0.3) is 0 Å². The molecule has 1 aliphatic rings. The molecule has 1 fully saturated rings. The summed E-state index contributed by atoms with van der Waals surface area (Å²) in [5.41, 5.74) is 2.60. The van der Waals surface area contributed by atoms with E-state index >= 15 is 0 Å². The lowest BCUT2D eigenvalue weighted by Crippen LogP contribution is -2.51. The van der Waals surface area contributed by atoms with Crippen molar-refractivity contribution in [3.05, 3.63) is 70.2 Å². The molecule has 0 saturated carbocycles. The maximum absolute atomic E-state index is 12.5. The van der Waals surface area contributed by atoms with Gasteiger partial charge in [-0.15, -0.1) is 0 Å². The highest BCUT2D eigenvalue weighted by molar-refractivity contribution is 9.10. The average Bonchev–Trinajstić information content (AvgIpc) is 2.70. The molecule has 0 aromatic heterocycles. The van der Waals surface area contributed by atoms with Crippen LogP contribution in [0.2, 0.25) is 0 Å². The summed E-state index contributed by atoms with van der Waals surface area (Å²) in [7, 11) is 0. The third-order valence-corrected chi connectivity index (χ3v) is 5.85. The number of hydrogen-bond acceptors (Lipinski definition) is 2. The van der Waals surface area contributed by atoms with Gasteiger partial charge in [0.15, 0.2) is 0 Å². The fraction of sp³-hybridized carbons (Fsp3) is 0.409. The SMILES string of the molecule is CC[C@H](C)C(=O)N1CCN([C@H](c2ccccc2)c2ccc(Br)cc2)CC1. The van der Waals surface area contributed by atoms with E-state index < -0.39 is 0 Å². The first-order valence-electron chi connectivity index (χ1n) is 9.43. The summed E-state index contributed by atoms with van der Waals surface area (Å²) in [5, 5.41) is 0. The highest BCUT2D eigenvalue weighted by Crippen LogP contribution is 2.30. The van der Waals surface area contributed by atoms with Gasteiger partial charge in [0.2, 0.25) is 5.91 Å². The van der Waals surface area contributed by atoms with Crippen molar-refractivity contribution >= 4 is 21.8 Å². The van der Waals surface area contributed by atoms with Gasteiger partial charge in [-0.05, 0) is 29.7 Å². The summed E-state index contributed by atoms with van der Waals surface area (Å²) in [6.45, 7) is 7.53. The van der Waals surface area contributed by atoms with Crippen LogP contribution < -0.4 is 0 Å². The standard InChI is InChI=1S/C22H27BrN2O/c1-3-17(2)22(26)25-15-13-24(14-16-25)21(18-7-5-4-6-8-18)19-9-11-20(23)12-10-19/h4-12,17,21H,3,13-16H2,1-2H3/t17-,21+/m0/s1. The second-order valence-corrected chi connectivity index (χ2v) is 7.95. The van der Waals surface area contributed by atoms with Crippen LogP contribution in [0.5, 0.6) is 0 Å². The molecule has 2 atom stereocenters.